The fourth-order valence-corrected chi connectivity index (χ4v) is 3.86. The van der Waals surface area contributed by atoms with Crippen LogP contribution in [0.25, 0.3) is 0 Å². The number of nitrogens with zero attached hydrogens (tertiary/aromatic N) is 3. The molecule has 30 heavy (non-hydrogen) atoms. The Morgan fingerprint density at radius 3 is 2.10 bits per heavy atom. The van der Waals surface area contributed by atoms with E-state index in [0.717, 1.165) is 42.8 Å². The molecule has 0 radical (unpaired) electrons. The second-order valence-electron chi connectivity index (χ2n) is 6.77. The molecule has 0 aliphatic heterocycles. The van der Waals surface area contributed by atoms with Crippen LogP contribution in [-0.2, 0) is 0 Å². The second kappa shape index (κ2) is 11.9. The normalized spacial score (nSPS) is 10.6. The van der Waals surface area contributed by atoms with Gasteiger partial charge in [-0.25, -0.2) is 9.97 Å². The van der Waals surface area contributed by atoms with Crippen LogP contribution in [0.2, 0.25) is 0 Å². The smallest absolute Gasteiger partial charge is 0.255 e. The zero-order valence-corrected chi connectivity index (χ0v) is 19.7. The molecule has 0 aliphatic rings. The van der Waals surface area contributed by atoms with Crippen molar-refractivity contribution in [3.8, 4) is 0 Å². The Balaban J connectivity index is 1.76. The third kappa shape index (κ3) is 6.18. The van der Waals surface area contributed by atoms with Crippen LogP contribution in [-0.4, -0.2) is 28.2 Å². The number of rotatable bonds is 10. The highest BCUT2D eigenvalue weighted by Gasteiger charge is 2.18. The molecule has 1 N–H and O–H groups in total. The number of benzene rings is 2. The summed E-state index contributed by atoms with van der Waals surface area (Å²) in [6.45, 7) is 0.656. The number of unbranched alkanes of at least 4 members (excludes halogenated alkanes) is 3. The van der Waals surface area contributed by atoms with Crippen LogP contribution in [0.5, 0.6) is 0 Å². The van der Waals surface area contributed by atoms with Crippen molar-refractivity contribution >= 4 is 58.4 Å². The quantitative estimate of drug-likeness (QED) is 0.151. The molecule has 0 aliphatic carbocycles. The van der Waals surface area contributed by atoms with E-state index >= 15 is 0 Å². The van der Waals surface area contributed by atoms with E-state index in [2.05, 4.69) is 50.5 Å². The fraction of sp³-hybridized carbons (Fsp3) is 0.261. The first-order chi connectivity index (χ1) is 14.7. The van der Waals surface area contributed by atoms with Gasteiger partial charge in [0.05, 0.1) is 5.56 Å². The van der Waals surface area contributed by atoms with Crippen molar-refractivity contribution in [2.45, 2.75) is 25.7 Å². The molecular weight excluding hydrogens is 507 g/mol. The van der Waals surface area contributed by atoms with Crippen molar-refractivity contribution in [3.63, 3.8) is 0 Å². The average Bonchev–Trinajstić information content (AvgIpc) is 2.78. The lowest BCUT2D eigenvalue weighted by atomic mass is 10.2. The van der Waals surface area contributed by atoms with Gasteiger partial charge in [0.15, 0.2) is 0 Å². The first-order valence-electron chi connectivity index (χ1n) is 10.0. The fourth-order valence-electron chi connectivity index (χ4n) is 3.03. The van der Waals surface area contributed by atoms with Gasteiger partial charge in [0.25, 0.3) is 5.91 Å². The minimum absolute atomic E-state index is 0.133. The van der Waals surface area contributed by atoms with Crippen LogP contribution in [0, 0.1) is 3.70 Å². The monoisotopic (exact) mass is 532 g/mol. The topological polar surface area (TPSA) is 58.1 Å². The lowest BCUT2D eigenvalue weighted by Gasteiger charge is -2.23. The number of amides is 1. The summed E-state index contributed by atoms with van der Waals surface area (Å²) in [4.78, 5) is 23.7. The van der Waals surface area contributed by atoms with Gasteiger partial charge in [-0.05, 0) is 65.5 Å². The Labute approximate surface area is 196 Å². The Hall–Kier alpha value is -2.13. The summed E-state index contributed by atoms with van der Waals surface area (Å²) in [5, 5.41) is 2.97. The number of carbonyl (C=O) groups excluding carboxylic acids is 1. The largest absolute Gasteiger partial charge is 0.352 e. The van der Waals surface area contributed by atoms with E-state index < -0.39 is 0 Å². The highest BCUT2D eigenvalue weighted by Crippen LogP contribution is 2.32. The number of para-hydroxylation sites is 2. The molecule has 1 aromatic heterocycles. The Bertz CT molecular complexity index is 901. The molecule has 0 unspecified atom stereocenters. The van der Waals surface area contributed by atoms with Gasteiger partial charge in [-0.15, -0.1) is 0 Å². The molecule has 0 fully saturated rings. The van der Waals surface area contributed by atoms with E-state index in [-0.39, 0.29) is 5.91 Å². The number of aromatic nitrogens is 2. The van der Waals surface area contributed by atoms with Crippen LogP contribution in [0.3, 0.4) is 0 Å². The molecule has 0 atom stereocenters. The molecule has 2 aromatic carbocycles. The molecule has 1 amide bonds. The number of carbonyl (C=O) groups is 1. The Morgan fingerprint density at radius 1 is 0.933 bits per heavy atom. The van der Waals surface area contributed by atoms with Crippen LogP contribution in [0.4, 0.5) is 17.3 Å². The SMILES string of the molecule is O=C(NCCCCCCS)c1cnc(N(c2ccccc2)c2ccccc2)nc1I. The molecule has 156 valence electrons. The van der Waals surface area contributed by atoms with Crippen LogP contribution in [0.15, 0.2) is 66.9 Å². The van der Waals surface area contributed by atoms with E-state index in [0.29, 0.717) is 21.8 Å². The Morgan fingerprint density at radius 2 is 1.53 bits per heavy atom. The van der Waals surface area contributed by atoms with Crippen molar-refractivity contribution in [3.05, 3.63) is 76.1 Å². The summed E-state index contributed by atoms with van der Waals surface area (Å²) in [6, 6.07) is 19.9. The predicted octanol–water partition coefficient (Wildman–Crippen LogP) is 5.77. The van der Waals surface area contributed by atoms with Gasteiger partial charge in [0.2, 0.25) is 5.95 Å². The predicted molar refractivity (Wildman–Crippen MR) is 134 cm³/mol. The van der Waals surface area contributed by atoms with Gasteiger partial charge in [-0.1, -0.05) is 49.2 Å². The molecule has 7 heteroatoms. The summed E-state index contributed by atoms with van der Waals surface area (Å²) in [5.41, 5.74) is 2.41. The van der Waals surface area contributed by atoms with Gasteiger partial charge < -0.3 is 5.32 Å². The number of thiol groups is 1. The van der Waals surface area contributed by atoms with Crippen molar-refractivity contribution in [1.29, 1.82) is 0 Å². The van der Waals surface area contributed by atoms with Crippen molar-refractivity contribution in [2.75, 3.05) is 17.2 Å². The molecule has 3 aromatic rings. The third-order valence-corrected chi connectivity index (χ3v) is 5.71. The van der Waals surface area contributed by atoms with E-state index in [1.165, 1.54) is 0 Å². The van der Waals surface area contributed by atoms with Crippen LogP contribution < -0.4 is 10.2 Å². The molecule has 5 nitrogen and oxygen atoms in total. The summed E-state index contributed by atoms with van der Waals surface area (Å²) >= 11 is 6.32. The lowest BCUT2D eigenvalue weighted by Crippen LogP contribution is -2.26. The summed E-state index contributed by atoms with van der Waals surface area (Å²) in [6.07, 6.45) is 5.92. The standard InChI is InChI=1S/C23H25IN4OS/c24-21-20(22(29)25-15-9-1-2-10-16-30)17-26-23(27-21)28(18-11-5-3-6-12-18)19-13-7-4-8-14-19/h3-8,11-14,17,30H,1-2,9-10,15-16H2,(H,25,29). The van der Waals surface area contributed by atoms with Gasteiger partial charge in [-0.2, -0.15) is 12.6 Å². The maximum atomic E-state index is 12.6. The first-order valence-corrected chi connectivity index (χ1v) is 11.7. The Kier molecular flexibility index (Phi) is 8.95. The van der Waals surface area contributed by atoms with Crippen LogP contribution >= 0.6 is 35.2 Å². The van der Waals surface area contributed by atoms with Gasteiger partial charge >= 0.3 is 0 Å². The van der Waals surface area contributed by atoms with Gasteiger partial charge in [-0.3, -0.25) is 9.69 Å². The zero-order chi connectivity index (χ0) is 21.2. The van der Waals surface area contributed by atoms with Gasteiger partial charge in [0.1, 0.15) is 3.70 Å². The number of halogens is 1. The van der Waals surface area contributed by atoms with E-state index in [1.54, 1.807) is 6.20 Å². The maximum absolute atomic E-state index is 12.6. The van der Waals surface area contributed by atoms with Crippen molar-refractivity contribution in [1.82, 2.24) is 15.3 Å². The highest BCUT2D eigenvalue weighted by molar-refractivity contribution is 14.1. The minimum Gasteiger partial charge on any atom is -0.352 e. The van der Waals surface area contributed by atoms with Crippen molar-refractivity contribution in [2.24, 2.45) is 0 Å². The third-order valence-electron chi connectivity index (χ3n) is 4.57. The highest BCUT2D eigenvalue weighted by atomic mass is 127. The summed E-state index contributed by atoms with van der Waals surface area (Å²) < 4.78 is 0.627. The molecular formula is C23H25IN4OS. The first kappa shape index (κ1) is 22.6. The summed E-state index contributed by atoms with van der Waals surface area (Å²) in [5.74, 6) is 1.31. The molecule has 3 rings (SSSR count). The van der Waals surface area contributed by atoms with E-state index in [4.69, 9.17) is 0 Å². The second-order valence-corrected chi connectivity index (χ2v) is 8.24. The van der Waals surface area contributed by atoms with E-state index in [1.807, 2.05) is 65.6 Å². The summed E-state index contributed by atoms with van der Waals surface area (Å²) in [7, 11) is 0. The lowest BCUT2D eigenvalue weighted by molar-refractivity contribution is 0.0951. The molecule has 0 saturated heterocycles. The van der Waals surface area contributed by atoms with Gasteiger partial charge in [0, 0.05) is 24.1 Å². The van der Waals surface area contributed by atoms with Crippen molar-refractivity contribution < 1.29 is 4.79 Å². The number of nitrogens with one attached hydrogen (secondary N) is 1. The number of hydrogen-bond acceptors (Lipinski definition) is 5. The zero-order valence-electron chi connectivity index (χ0n) is 16.7. The molecule has 0 bridgehead atoms. The maximum Gasteiger partial charge on any atom is 0.255 e. The molecule has 1 heterocycles. The van der Waals surface area contributed by atoms with Crippen LogP contribution in [0.1, 0.15) is 36.0 Å². The van der Waals surface area contributed by atoms with E-state index in [9.17, 15) is 4.79 Å². The number of anilines is 3. The minimum atomic E-state index is -0.133. The molecule has 0 spiro atoms. The number of hydrogen-bond donors (Lipinski definition) is 2. The average molecular weight is 532 g/mol. The molecule has 0 saturated carbocycles.